The Bertz CT molecular complexity index is 556. The van der Waals surface area contributed by atoms with Crippen molar-refractivity contribution in [2.24, 2.45) is 0 Å². The Morgan fingerprint density at radius 1 is 0.938 bits per heavy atom. The minimum Gasteiger partial charge on any atom is -0.255 e. The Morgan fingerprint density at radius 2 is 1.75 bits per heavy atom. The van der Waals surface area contributed by atoms with Crippen LogP contribution in [-0.4, -0.2) is 4.98 Å². The molecule has 0 aliphatic rings. The van der Waals surface area contributed by atoms with Crippen molar-refractivity contribution in [1.82, 2.24) is 4.98 Å². The summed E-state index contributed by atoms with van der Waals surface area (Å²) < 4.78 is 1.32. The first-order chi connectivity index (χ1) is 7.43. The fourth-order valence-electron chi connectivity index (χ4n) is 1.62. The van der Waals surface area contributed by atoms with Gasteiger partial charge in [0.1, 0.15) is 0 Å². The average molecular weight is 404 g/mol. The van der Waals surface area contributed by atoms with Gasteiger partial charge in [0, 0.05) is 31.0 Å². The predicted molar refractivity (Wildman–Crippen MR) is 65.1 cm³/mol. The zero-order chi connectivity index (χ0) is 10.1. The maximum absolute atomic E-state index is 4.35. The predicted octanol–water partition coefficient (Wildman–Crippen LogP) is 3.96. The summed E-state index contributed by atoms with van der Waals surface area (Å²) in [7, 11) is 0. The third-order valence-electron chi connectivity index (χ3n) is 2.34. The zero-order valence-electron chi connectivity index (χ0n) is 8.38. The molecule has 1 nitrogen and oxygen atoms in total. The zero-order valence-corrected chi connectivity index (χ0v) is 11.6. The number of aromatic nitrogens is 1. The van der Waals surface area contributed by atoms with E-state index in [0.29, 0.717) is 0 Å². The molecule has 0 saturated heterocycles. The summed E-state index contributed by atoms with van der Waals surface area (Å²) in [6.45, 7) is 0. The van der Waals surface area contributed by atoms with E-state index in [1.807, 2.05) is 24.4 Å². The molecule has 3 aromatic rings. The average Bonchev–Trinajstić information content (AvgIpc) is 2.74. The summed E-state index contributed by atoms with van der Waals surface area (Å²) >= 11 is 1.79. The van der Waals surface area contributed by atoms with Crippen molar-refractivity contribution in [2.45, 2.75) is 0 Å². The SMILES string of the molecule is [Ir].c1ccc(-c2cc3ccccc3s2)nc1. The number of rotatable bonds is 1. The van der Waals surface area contributed by atoms with Gasteiger partial charge in [-0.25, -0.2) is 0 Å². The summed E-state index contributed by atoms with van der Waals surface area (Å²) in [6.07, 6.45) is 1.83. The van der Waals surface area contributed by atoms with Gasteiger partial charge in [0.25, 0.3) is 0 Å². The largest absolute Gasteiger partial charge is 0.255 e. The minimum atomic E-state index is 0. The van der Waals surface area contributed by atoms with E-state index in [9.17, 15) is 0 Å². The van der Waals surface area contributed by atoms with Crippen LogP contribution in [0, 0.1) is 0 Å². The third-order valence-corrected chi connectivity index (χ3v) is 3.48. The molecule has 0 atom stereocenters. The molecule has 0 saturated carbocycles. The number of thiophene rings is 1. The fraction of sp³-hybridized carbons (Fsp3) is 0. The van der Waals surface area contributed by atoms with E-state index < -0.39 is 0 Å². The van der Waals surface area contributed by atoms with Crippen LogP contribution in [0.2, 0.25) is 0 Å². The van der Waals surface area contributed by atoms with E-state index in [2.05, 4.69) is 35.3 Å². The van der Waals surface area contributed by atoms with E-state index in [0.717, 1.165) is 5.69 Å². The molecule has 0 aliphatic carbocycles. The second-order valence-corrected chi connectivity index (χ2v) is 4.45. The van der Waals surface area contributed by atoms with Gasteiger partial charge in [-0.3, -0.25) is 4.98 Å². The van der Waals surface area contributed by atoms with Crippen LogP contribution in [0.15, 0.2) is 54.7 Å². The Balaban J connectivity index is 0.000000963. The van der Waals surface area contributed by atoms with Crippen molar-refractivity contribution in [1.29, 1.82) is 0 Å². The smallest absolute Gasteiger partial charge is 0.0802 e. The number of benzene rings is 1. The van der Waals surface area contributed by atoms with Crippen molar-refractivity contribution < 1.29 is 20.1 Å². The molecule has 3 heteroatoms. The molecule has 0 N–H and O–H groups in total. The second-order valence-electron chi connectivity index (χ2n) is 3.36. The molecule has 0 spiro atoms. The van der Waals surface area contributed by atoms with Crippen LogP contribution in [0.5, 0.6) is 0 Å². The number of hydrogen-bond donors (Lipinski definition) is 0. The summed E-state index contributed by atoms with van der Waals surface area (Å²) in [5, 5.41) is 1.29. The van der Waals surface area contributed by atoms with Gasteiger partial charge in [-0.05, 0) is 29.7 Å². The third kappa shape index (κ3) is 2.07. The molecule has 2 aromatic heterocycles. The summed E-state index contributed by atoms with van der Waals surface area (Å²) in [5.41, 5.74) is 1.05. The van der Waals surface area contributed by atoms with Crippen molar-refractivity contribution in [3.05, 3.63) is 54.7 Å². The van der Waals surface area contributed by atoms with Gasteiger partial charge in [-0.1, -0.05) is 24.3 Å². The van der Waals surface area contributed by atoms with Gasteiger partial charge in [0.2, 0.25) is 0 Å². The van der Waals surface area contributed by atoms with Crippen LogP contribution in [0.25, 0.3) is 20.7 Å². The molecular weight excluding hydrogens is 394 g/mol. The van der Waals surface area contributed by atoms with Crippen molar-refractivity contribution in [2.75, 3.05) is 0 Å². The topological polar surface area (TPSA) is 12.9 Å². The molecule has 0 amide bonds. The number of nitrogens with zero attached hydrogens (tertiary/aromatic N) is 1. The van der Waals surface area contributed by atoms with Gasteiger partial charge < -0.3 is 0 Å². The molecule has 1 radical (unpaired) electrons. The molecule has 0 unspecified atom stereocenters. The molecule has 0 bridgehead atoms. The maximum Gasteiger partial charge on any atom is 0.0802 e. The van der Waals surface area contributed by atoms with Crippen molar-refractivity contribution >= 4 is 21.4 Å². The van der Waals surface area contributed by atoms with Crippen molar-refractivity contribution in [3.8, 4) is 10.6 Å². The van der Waals surface area contributed by atoms with E-state index >= 15 is 0 Å². The van der Waals surface area contributed by atoms with Gasteiger partial charge in [0.15, 0.2) is 0 Å². The minimum absolute atomic E-state index is 0. The molecule has 1 aromatic carbocycles. The van der Waals surface area contributed by atoms with Crippen LogP contribution in [0.4, 0.5) is 0 Å². The van der Waals surface area contributed by atoms with E-state index in [1.165, 1.54) is 15.0 Å². The Hall–Kier alpha value is -1.02. The van der Waals surface area contributed by atoms with Gasteiger partial charge in [-0.2, -0.15) is 0 Å². The first kappa shape index (κ1) is 11.5. The standard InChI is InChI=1S/C13H9NS.Ir/c1-2-7-12-10(5-1)9-13(15-12)11-6-3-4-8-14-11;/h1-9H;. The van der Waals surface area contributed by atoms with Crippen LogP contribution in [0.3, 0.4) is 0 Å². The normalized spacial score (nSPS) is 10.0. The molecule has 0 aliphatic heterocycles. The van der Waals surface area contributed by atoms with E-state index in [4.69, 9.17) is 0 Å². The first-order valence-electron chi connectivity index (χ1n) is 4.83. The van der Waals surface area contributed by atoms with Gasteiger partial charge >= 0.3 is 0 Å². The van der Waals surface area contributed by atoms with Gasteiger partial charge in [0.05, 0.1) is 10.6 Å². The van der Waals surface area contributed by atoms with Crippen molar-refractivity contribution in [3.63, 3.8) is 0 Å². The van der Waals surface area contributed by atoms with Crippen LogP contribution >= 0.6 is 11.3 Å². The quantitative estimate of drug-likeness (QED) is 0.599. The molecule has 3 rings (SSSR count). The monoisotopic (exact) mass is 404 g/mol. The Kier molecular flexibility index (Phi) is 3.49. The van der Waals surface area contributed by atoms with Gasteiger partial charge in [-0.15, -0.1) is 11.3 Å². The fourth-order valence-corrected chi connectivity index (χ4v) is 2.66. The van der Waals surface area contributed by atoms with Crippen LogP contribution in [-0.2, 0) is 20.1 Å². The summed E-state index contributed by atoms with van der Waals surface area (Å²) in [4.78, 5) is 5.59. The second kappa shape index (κ2) is 4.87. The maximum atomic E-state index is 4.35. The molecule has 0 fully saturated rings. The summed E-state index contributed by atoms with van der Waals surface area (Å²) in [6, 6.07) is 16.6. The first-order valence-corrected chi connectivity index (χ1v) is 5.65. The Labute approximate surface area is 112 Å². The van der Waals surface area contributed by atoms with Crippen LogP contribution < -0.4 is 0 Å². The number of hydrogen-bond acceptors (Lipinski definition) is 2. The summed E-state index contributed by atoms with van der Waals surface area (Å²) in [5.74, 6) is 0. The van der Waals surface area contributed by atoms with E-state index in [-0.39, 0.29) is 20.1 Å². The van der Waals surface area contributed by atoms with E-state index in [1.54, 1.807) is 11.3 Å². The molecular formula is C13H9IrNS. The van der Waals surface area contributed by atoms with Crippen LogP contribution in [0.1, 0.15) is 0 Å². The number of pyridine rings is 1. The molecule has 81 valence electrons. The Morgan fingerprint density at radius 3 is 2.50 bits per heavy atom. The number of fused-ring (bicyclic) bond motifs is 1. The molecule has 16 heavy (non-hydrogen) atoms. The molecule has 2 heterocycles.